The first-order chi connectivity index (χ1) is 7.24. The Morgan fingerprint density at radius 2 is 2.27 bits per heavy atom. The highest BCUT2D eigenvalue weighted by Crippen LogP contribution is 2.22. The van der Waals surface area contributed by atoms with Gasteiger partial charge >= 0.3 is 0 Å². The van der Waals surface area contributed by atoms with Crippen molar-refractivity contribution in [3.05, 3.63) is 33.3 Å². The molecular formula is C12H13BrClN. The highest BCUT2D eigenvalue weighted by atomic mass is 79.9. The summed E-state index contributed by atoms with van der Waals surface area (Å²) in [6, 6.07) is 5.95. The zero-order valence-electron chi connectivity index (χ0n) is 8.61. The fraction of sp³-hybridized carbons (Fsp3) is 0.333. The maximum absolute atomic E-state index is 5.90. The van der Waals surface area contributed by atoms with Gasteiger partial charge in [0.15, 0.2) is 0 Å². The molecule has 0 amide bonds. The summed E-state index contributed by atoms with van der Waals surface area (Å²) in [7, 11) is 0. The molecule has 0 radical (unpaired) electrons. The lowest BCUT2D eigenvalue weighted by molar-refractivity contribution is 0.701. The van der Waals surface area contributed by atoms with E-state index < -0.39 is 0 Å². The average Bonchev–Trinajstić information content (AvgIpc) is 2.23. The summed E-state index contributed by atoms with van der Waals surface area (Å²) >= 11 is 9.30. The van der Waals surface area contributed by atoms with Crippen LogP contribution in [0.1, 0.15) is 18.9 Å². The molecular weight excluding hydrogens is 273 g/mol. The average molecular weight is 287 g/mol. The van der Waals surface area contributed by atoms with Crippen molar-refractivity contribution in [3.63, 3.8) is 0 Å². The molecule has 0 spiro atoms. The third kappa shape index (κ3) is 4.70. The molecule has 0 atom stereocenters. The molecule has 1 nitrogen and oxygen atoms in total. The van der Waals surface area contributed by atoms with Crippen LogP contribution in [0.3, 0.4) is 0 Å². The van der Waals surface area contributed by atoms with Crippen LogP contribution in [0.15, 0.2) is 22.7 Å². The van der Waals surface area contributed by atoms with Gasteiger partial charge in [0.2, 0.25) is 0 Å². The first kappa shape index (κ1) is 12.6. The molecule has 0 saturated heterocycles. The Balaban J connectivity index is 2.36. The molecule has 1 rings (SSSR count). The Kier molecular flexibility index (Phi) is 5.78. The van der Waals surface area contributed by atoms with Gasteiger partial charge in [-0.25, -0.2) is 0 Å². The molecule has 80 valence electrons. The highest BCUT2D eigenvalue weighted by Gasteiger charge is 1.98. The molecule has 0 saturated carbocycles. The van der Waals surface area contributed by atoms with Crippen LogP contribution in [0.25, 0.3) is 0 Å². The summed E-state index contributed by atoms with van der Waals surface area (Å²) < 4.78 is 0.941. The molecule has 0 aromatic heterocycles. The van der Waals surface area contributed by atoms with Gasteiger partial charge in [-0.2, -0.15) is 0 Å². The first-order valence-corrected chi connectivity index (χ1v) is 5.95. The van der Waals surface area contributed by atoms with Gasteiger partial charge in [0.1, 0.15) is 0 Å². The van der Waals surface area contributed by atoms with Gasteiger partial charge in [0.25, 0.3) is 0 Å². The third-order valence-corrected chi connectivity index (χ3v) is 3.13. The molecule has 0 fully saturated rings. The van der Waals surface area contributed by atoms with Crippen LogP contribution in [0.4, 0.5) is 0 Å². The van der Waals surface area contributed by atoms with Crippen LogP contribution in [0.5, 0.6) is 0 Å². The maximum atomic E-state index is 5.90. The molecule has 1 aromatic rings. The fourth-order valence-corrected chi connectivity index (χ4v) is 1.70. The first-order valence-electron chi connectivity index (χ1n) is 4.78. The van der Waals surface area contributed by atoms with Gasteiger partial charge in [-0.15, -0.1) is 11.8 Å². The topological polar surface area (TPSA) is 12.0 Å². The molecule has 0 heterocycles. The number of hydrogen-bond donors (Lipinski definition) is 1. The van der Waals surface area contributed by atoms with Crippen molar-refractivity contribution in [2.45, 2.75) is 19.9 Å². The van der Waals surface area contributed by atoms with E-state index in [2.05, 4.69) is 33.1 Å². The standard InChI is InChI=1S/C12H13BrClN/c1-2-3-4-7-15-9-10-5-6-12(14)11(13)8-10/h5-6,8,15H,4,7,9H2,1H3. The summed E-state index contributed by atoms with van der Waals surface area (Å²) in [5.41, 5.74) is 1.22. The second kappa shape index (κ2) is 6.90. The monoisotopic (exact) mass is 285 g/mol. The summed E-state index contributed by atoms with van der Waals surface area (Å²) in [5, 5.41) is 4.06. The Bertz CT molecular complexity index is 379. The summed E-state index contributed by atoms with van der Waals surface area (Å²) in [5.74, 6) is 5.88. The maximum Gasteiger partial charge on any atom is 0.0548 e. The molecule has 0 aliphatic heterocycles. The highest BCUT2D eigenvalue weighted by molar-refractivity contribution is 9.10. The number of rotatable bonds is 4. The van der Waals surface area contributed by atoms with Gasteiger partial charge < -0.3 is 5.32 Å². The lowest BCUT2D eigenvalue weighted by Gasteiger charge is -2.04. The number of hydrogen-bond acceptors (Lipinski definition) is 1. The van der Waals surface area contributed by atoms with E-state index in [1.54, 1.807) is 0 Å². The van der Waals surface area contributed by atoms with Gasteiger partial charge in [-0.1, -0.05) is 17.7 Å². The second-order valence-electron chi connectivity index (χ2n) is 3.10. The van der Waals surface area contributed by atoms with E-state index in [9.17, 15) is 0 Å². The van der Waals surface area contributed by atoms with Crippen molar-refractivity contribution < 1.29 is 0 Å². The molecule has 0 unspecified atom stereocenters. The van der Waals surface area contributed by atoms with Crippen molar-refractivity contribution >= 4 is 27.5 Å². The van der Waals surface area contributed by atoms with Crippen LogP contribution in [-0.2, 0) is 6.54 Å². The Hall–Kier alpha value is -0.490. The third-order valence-electron chi connectivity index (χ3n) is 1.92. The van der Waals surface area contributed by atoms with E-state index >= 15 is 0 Å². The SMILES string of the molecule is CC#CCCNCc1ccc(Cl)c(Br)c1. The van der Waals surface area contributed by atoms with Crippen LogP contribution in [-0.4, -0.2) is 6.54 Å². The van der Waals surface area contributed by atoms with Gasteiger partial charge in [0.05, 0.1) is 5.02 Å². The molecule has 1 N–H and O–H groups in total. The molecule has 0 aliphatic rings. The number of halogens is 2. The zero-order valence-corrected chi connectivity index (χ0v) is 11.0. The van der Waals surface area contributed by atoms with Gasteiger partial charge in [0, 0.05) is 24.0 Å². The number of nitrogens with one attached hydrogen (secondary N) is 1. The molecule has 3 heteroatoms. The summed E-state index contributed by atoms with van der Waals surface area (Å²) in [6.45, 7) is 3.62. The van der Waals surface area contributed by atoms with Gasteiger partial charge in [-0.3, -0.25) is 0 Å². The predicted molar refractivity (Wildman–Crippen MR) is 68.9 cm³/mol. The van der Waals surface area contributed by atoms with Crippen LogP contribution in [0, 0.1) is 11.8 Å². The van der Waals surface area contributed by atoms with E-state index in [1.165, 1.54) is 5.56 Å². The van der Waals surface area contributed by atoms with Gasteiger partial charge in [-0.05, 0) is 40.5 Å². The van der Waals surface area contributed by atoms with Crippen LogP contribution in [0.2, 0.25) is 5.02 Å². The van der Waals surface area contributed by atoms with Crippen molar-refractivity contribution in [1.82, 2.24) is 5.32 Å². The Morgan fingerprint density at radius 3 is 2.93 bits per heavy atom. The van der Waals surface area contributed by atoms with E-state index in [-0.39, 0.29) is 0 Å². The quantitative estimate of drug-likeness (QED) is 0.659. The summed E-state index contributed by atoms with van der Waals surface area (Å²) in [6.07, 6.45) is 0.894. The van der Waals surface area contributed by atoms with Crippen molar-refractivity contribution in [3.8, 4) is 11.8 Å². The Labute approximate surface area is 104 Å². The number of benzene rings is 1. The lowest BCUT2D eigenvalue weighted by Crippen LogP contribution is -2.14. The molecule has 0 bridgehead atoms. The largest absolute Gasteiger partial charge is 0.312 e. The van der Waals surface area contributed by atoms with E-state index in [0.29, 0.717) is 0 Å². The molecule has 0 aliphatic carbocycles. The molecule has 15 heavy (non-hydrogen) atoms. The minimum atomic E-state index is 0.746. The lowest BCUT2D eigenvalue weighted by atomic mass is 10.2. The summed E-state index contributed by atoms with van der Waals surface area (Å²) in [4.78, 5) is 0. The minimum absolute atomic E-state index is 0.746. The van der Waals surface area contributed by atoms with E-state index in [4.69, 9.17) is 11.6 Å². The van der Waals surface area contributed by atoms with Crippen molar-refractivity contribution in [2.24, 2.45) is 0 Å². The fourth-order valence-electron chi connectivity index (χ4n) is 1.16. The zero-order chi connectivity index (χ0) is 11.1. The predicted octanol–water partition coefficient (Wildman–Crippen LogP) is 3.61. The van der Waals surface area contributed by atoms with E-state index in [0.717, 1.165) is 29.0 Å². The minimum Gasteiger partial charge on any atom is -0.312 e. The van der Waals surface area contributed by atoms with Crippen LogP contribution < -0.4 is 5.32 Å². The second-order valence-corrected chi connectivity index (χ2v) is 4.36. The normalized spacial score (nSPS) is 9.53. The molecule has 1 aromatic carbocycles. The smallest absolute Gasteiger partial charge is 0.0548 e. The van der Waals surface area contributed by atoms with Crippen LogP contribution >= 0.6 is 27.5 Å². The Morgan fingerprint density at radius 1 is 1.47 bits per heavy atom. The van der Waals surface area contributed by atoms with E-state index in [1.807, 2.05) is 25.1 Å². The van der Waals surface area contributed by atoms with Crippen molar-refractivity contribution in [1.29, 1.82) is 0 Å². The van der Waals surface area contributed by atoms with Crippen molar-refractivity contribution in [2.75, 3.05) is 6.54 Å².